The van der Waals surface area contributed by atoms with E-state index in [2.05, 4.69) is 0 Å². The van der Waals surface area contributed by atoms with Gasteiger partial charge in [0.05, 0.1) is 6.26 Å². The number of ether oxygens (including phenoxy) is 2. The molecule has 0 saturated heterocycles. The molecule has 4 nitrogen and oxygen atoms in total. The van der Waals surface area contributed by atoms with Gasteiger partial charge in [-0.1, -0.05) is 0 Å². The van der Waals surface area contributed by atoms with Crippen molar-refractivity contribution >= 4 is 11.8 Å². The summed E-state index contributed by atoms with van der Waals surface area (Å²) in [5.74, 6) is -0.706. The van der Waals surface area contributed by atoms with Crippen LogP contribution in [0.3, 0.4) is 0 Å². The Morgan fingerprint density at radius 2 is 2.33 bits per heavy atom. The van der Waals surface area contributed by atoms with Crippen LogP contribution in [0.15, 0.2) is 12.3 Å². The Hall–Kier alpha value is -1.32. The standard InChI is InChI=1S/C8H10O4/c1-5-8(12-6(2)9)7(10)3-4-11-5/h3-5,8H,1-2H3/t5-,8-/m1/s1. The summed E-state index contributed by atoms with van der Waals surface area (Å²) in [7, 11) is 0. The molecule has 1 heterocycles. The van der Waals surface area contributed by atoms with Gasteiger partial charge >= 0.3 is 5.97 Å². The Kier molecular flexibility index (Phi) is 2.47. The Bertz CT molecular complexity index is 231. The molecule has 0 N–H and O–H groups in total. The number of esters is 1. The Balaban J connectivity index is 2.66. The average molecular weight is 170 g/mol. The molecule has 2 atom stereocenters. The molecule has 0 fully saturated rings. The van der Waals surface area contributed by atoms with Crippen LogP contribution in [0.1, 0.15) is 13.8 Å². The van der Waals surface area contributed by atoms with Crippen molar-refractivity contribution in [1.29, 1.82) is 0 Å². The zero-order valence-corrected chi connectivity index (χ0v) is 6.94. The zero-order valence-electron chi connectivity index (χ0n) is 6.94. The summed E-state index contributed by atoms with van der Waals surface area (Å²) in [6, 6.07) is 0. The van der Waals surface area contributed by atoms with Gasteiger partial charge in [-0.05, 0) is 6.92 Å². The third kappa shape index (κ3) is 1.84. The highest BCUT2D eigenvalue weighted by Crippen LogP contribution is 2.11. The normalized spacial score (nSPS) is 28.0. The van der Waals surface area contributed by atoms with E-state index in [1.54, 1.807) is 6.92 Å². The van der Waals surface area contributed by atoms with Crippen molar-refractivity contribution in [1.82, 2.24) is 0 Å². The van der Waals surface area contributed by atoms with Crippen LogP contribution < -0.4 is 0 Å². The fourth-order valence-electron chi connectivity index (χ4n) is 0.960. The number of ketones is 1. The second-order valence-electron chi connectivity index (χ2n) is 2.58. The van der Waals surface area contributed by atoms with Crippen LogP contribution in [0, 0.1) is 0 Å². The first kappa shape index (κ1) is 8.77. The Morgan fingerprint density at radius 1 is 1.67 bits per heavy atom. The number of rotatable bonds is 1. The van der Waals surface area contributed by atoms with Crippen molar-refractivity contribution in [2.24, 2.45) is 0 Å². The van der Waals surface area contributed by atoms with Crippen LogP contribution in [0.25, 0.3) is 0 Å². The number of carbonyl (C=O) groups is 2. The molecular formula is C8H10O4. The van der Waals surface area contributed by atoms with Gasteiger partial charge in [-0.25, -0.2) is 0 Å². The van der Waals surface area contributed by atoms with Gasteiger partial charge < -0.3 is 9.47 Å². The van der Waals surface area contributed by atoms with E-state index >= 15 is 0 Å². The minimum atomic E-state index is -0.785. The average Bonchev–Trinajstić information content (AvgIpc) is 1.97. The van der Waals surface area contributed by atoms with Crippen LogP contribution >= 0.6 is 0 Å². The van der Waals surface area contributed by atoms with Gasteiger partial charge in [0.2, 0.25) is 5.78 Å². The van der Waals surface area contributed by atoms with Crippen LogP contribution in [0.4, 0.5) is 0 Å². The van der Waals surface area contributed by atoms with Crippen molar-refractivity contribution in [3.8, 4) is 0 Å². The van der Waals surface area contributed by atoms with Crippen molar-refractivity contribution in [2.45, 2.75) is 26.1 Å². The van der Waals surface area contributed by atoms with Crippen molar-refractivity contribution in [3.63, 3.8) is 0 Å². The third-order valence-electron chi connectivity index (χ3n) is 1.53. The van der Waals surface area contributed by atoms with Gasteiger partial charge in [-0.2, -0.15) is 0 Å². The predicted octanol–water partition coefficient (Wildman–Crippen LogP) is 0.420. The van der Waals surface area contributed by atoms with E-state index in [0.717, 1.165) is 0 Å². The summed E-state index contributed by atoms with van der Waals surface area (Å²) < 4.78 is 9.73. The Labute approximate surface area is 70.1 Å². The molecule has 66 valence electrons. The van der Waals surface area contributed by atoms with Crippen molar-refractivity contribution in [3.05, 3.63) is 12.3 Å². The van der Waals surface area contributed by atoms with E-state index in [-0.39, 0.29) is 5.78 Å². The fourth-order valence-corrected chi connectivity index (χ4v) is 0.960. The van der Waals surface area contributed by atoms with Gasteiger partial charge in [-0.15, -0.1) is 0 Å². The molecule has 12 heavy (non-hydrogen) atoms. The van der Waals surface area contributed by atoms with Crippen LogP contribution in [0.2, 0.25) is 0 Å². The third-order valence-corrected chi connectivity index (χ3v) is 1.53. The summed E-state index contributed by atoms with van der Waals surface area (Å²) in [5.41, 5.74) is 0. The Morgan fingerprint density at radius 3 is 2.83 bits per heavy atom. The highest BCUT2D eigenvalue weighted by Gasteiger charge is 2.29. The first-order valence-corrected chi connectivity index (χ1v) is 3.64. The molecule has 0 spiro atoms. The smallest absolute Gasteiger partial charge is 0.303 e. The van der Waals surface area contributed by atoms with Crippen LogP contribution in [-0.4, -0.2) is 24.0 Å². The van der Waals surface area contributed by atoms with E-state index in [1.165, 1.54) is 19.3 Å². The largest absolute Gasteiger partial charge is 0.494 e. The number of hydrogen-bond acceptors (Lipinski definition) is 4. The van der Waals surface area contributed by atoms with Crippen LogP contribution in [-0.2, 0) is 19.1 Å². The SMILES string of the molecule is CC(=O)O[C@H]1C(=O)C=CO[C@@H]1C. The lowest BCUT2D eigenvalue weighted by Crippen LogP contribution is -2.38. The summed E-state index contributed by atoms with van der Waals surface area (Å²) in [6.07, 6.45) is 1.39. The summed E-state index contributed by atoms with van der Waals surface area (Å²) >= 11 is 0. The molecule has 0 aromatic heterocycles. The first-order valence-electron chi connectivity index (χ1n) is 3.64. The molecule has 1 aliphatic heterocycles. The lowest BCUT2D eigenvalue weighted by molar-refractivity contribution is -0.159. The molecule has 1 rings (SSSR count). The van der Waals surface area contributed by atoms with Gasteiger partial charge in [0.25, 0.3) is 0 Å². The second-order valence-corrected chi connectivity index (χ2v) is 2.58. The summed E-state index contributed by atoms with van der Waals surface area (Å²) in [5, 5.41) is 0. The minimum absolute atomic E-state index is 0.232. The molecular weight excluding hydrogens is 160 g/mol. The number of carbonyl (C=O) groups excluding carboxylic acids is 2. The molecule has 0 aliphatic carbocycles. The monoisotopic (exact) mass is 170 g/mol. The zero-order chi connectivity index (χ0) is 9.14. The van der Waals surface area contributed by atoms with Crippen LogP contribution in [0.5, 0.6) is 0 Å². The van der Waals surface area contributed by atoms with Crippen molar-refractivity contribution in [2.75, 3.05) is 0 Å². The van der Waals surface area contributed by atoms with Gasteiger partial charge in [0.15, 0.2) is 6.10 Å². The van der Waals surface area contributed by atoms with E-state index in [1.807, 2.05) is 0 Å². The van der Waals surface area contributed by atoms with Gasteiger partial charge in [0, 0.05) is 13.0 Å². The van der Waals surface area contributed by atoms with E-state index < -0.39 is 18.2 Å². The van der Waals surface area contributed by atoms with Gasteiger partial charge in [0.1, 0.15) is 6.10 Å². The summed E-state index contributed by atoms with van der Waals surface area (Å²) in [4.78, 5) is 21.6. The molecule has 0 radical (unpaired) electrons. The first-order chi connectivity index (χ1) is 5.61. The molecule has 1 aliphatic rings. The van der Waals surface area contributed by atoms with Crippen molar-refractivity contribution < 1.29 is 19.1 Å². The predicted molar refractivity (Wildman–Crippen MR) is 40.2 cm³/mol. The fraction of sp³-hybridized carbons (Fsp3) is 0.500. The lowest BCUT2D eigenvalue weighted by atomic mass is 10.1. The summed E-state index contributed by atoms with van der Waals surface area (Å²) in [6.45, 7) is 2.94. The topological polar surface area (TPSA) is 52.6 Å². The van der Waals surface area contributed by atoms with E-state index in [4.69, 9.17) is 9.47 Å². The highest BCUT2D eigenvalue weighted by atomic mass is 16.6. The van der Waals surface area contributed by atoms with Gasteiger partial charge in [-0.3, -0.25) is 9.59 Å². The maximum atomic E-state index is 11.1. The van der Waals surface area contributed by atoms with E-state index in [9.17, 15) is 9.59 Å². The quantitative estimate of drug-likeness (QED) is 0.535. The second kappa shape index (κ2) is 3.38. The minimum Gasteiger partial charge on any atom is -0.494 e. The number of hydrogen-bond donors (Lipinski definition) is 0. The molecule has 0 bridgehead atoms. The lowest BCUT2D eigenvalue weighted by Gasteiger charge is -2.23. The highest BCUT2D eigenvalue weighted by molar-refractivity contribution is 5.95. The molecule has 0 aromatic rings. The maximum Gasteiger partial charge on any atom is 0.303 e. The maximum absolute atomic E-state index is 11.1. The molecule has 0 aromatic carbocycles. The molecule has 4 heteroatoms. The molecule has 0 unspecified atom stereocenters. The molecule has 0 amide bonds. The molecule has 0 saturated carbocycles. The van der Waals surface area contributed by atoms with E-state index in [0.29, 0.717) is 0 Å².